The van der Waals surface area contributed by atoms with Crippen molar-refractivity contribution in [2.24, 2.45) is 11.2 Å². The second-order valence-corrected chi connectivity index (χ2v) is 3.49. The Hall–Kier alpha value is -0.950. The third-order valence-corrected chi connectivity index (χ3v) is 1.40. The summed E-state index contributed by atoms with van der Waals surface area (Å²) in [5, 5.41) is 8.23. The van der Waals surface area contributed by atoms with Gasteiger partial charge in [0.25, 0.3) is 0 Å². The minimum Gasteiger partial charge on any atom is -0.480 e. The van der Waals surface area contributed by atoms with E-state index < -0.39 is 32.1 Å². The van der Waals surface area contributed by atoms with Crippen LogP contribution < -0.4 is 11.2 Å². The van der Waals surface area contributed by atoms with E-state index in [9.17, 15) is 14.2 Å². The smallest absolute Gasteiger partial charge is 0.455 e. The van der Waals surface area contributed by atoms with E-state index in [-0.39, 0.29) is 0 Å². The van der Waals surface area contributed by atoms with E-state index in [2.05, 4.69) is 10.0 Å². The van der Waals surface area contributed by atoms with Crippen molar-refractivity contribution in [1.29, 1.82) is 0 Å². The van der Waals surface area contributed by atoms with Gasteiger partial charge in [-0.15, -0.1) is 0 Å². The number of hydrogen-bond donors (Lipinski definition) is 4. The fourth-order valence-corrected chi connectivity index (χ4v) is 0.816. The molecule has 0 rings (SSSR count). The molecule has 6 N–H and O–H groups in total. The SMILES string of the molecule is N[C@H](CC(=O)OP(N)(=O)O)C(=O)O. The summed E-state index contributed by atoms with van der Waals surface area (Å²) < 4.78 is 14.0. The van der Waals surface area contributed by atoms with Crippen molar-refractivity contribution >= 4 is 19.7 Å². The number of hydrogen-bond acceptors (Lipinski definition) is 5. The molecule has 0 spiro atoms. The van der Waals surface area contributed by atoms with E-state index in [1.54, 1.807) is 0 Å². The fourth-order valence-electron chi connectivity index (χ4n) is 0.450. The molecular weight excluding hydrogens is 203 g/mol. The number of carbonyl (C=O) groups is 2. The maximum absolute atomic E-state index is 10.6. The Labute approximate surface area is 73.1 Å². The summed E-state index contributed by atoms with van der Waals surface area (Å²) in [5.41, 5.74) is 9.39. The minimum atomic E-state index is -4.41. The van der Waals surface area contributed by atoms with Gasteiger partial charge in [0.05, 0.1) is 6.42 Å². The van der Waals surface area contributed by atoms with Crippen LogP contribution in [0.5, 0.6) is 0 Å². The molecule has 76 valence electrons. The molecule has 0 aliphatic heterocycles. The van der Waals surface area contributed by atoms with E-state index >= 15 is 0 Å². The first-order valence-electron chi connectivity index (χ1n) is 3.04. The summed E-state index contributed by atoms with van der Waals surface area (Å²) >= 11 is 0. The van der Waals surface area contributed by atoms with Crippen LogP contribution in [0.4, 0.5) is 0 Å². The number of nitrogens with two attached hydrogens (primary N) is 2. The largest absolute Gasteiger partial charge is 0.480 e. The van der Waals surface area contributed by atoms with Gasteiger partial charge in [-0.1, -0.05) is 0 Å². The molecular formula is C4H9N2O6P. The molecule has 2 atom stereocenters. The number of rotatable bonds is 4. The zero-order valence-electron chi connectivity index (χ0n) is 6.41. The molecule has 13 heavy (non-hydrogen) atoms. The highest BCUT2D eigenvalue weighted by atomic mass is 31.2. The lowest BCUT2D eigenvalue weighted by Crippen LogP contribution is -2.33. The highest BCUT2D eigenvalue weighted by molar-refractivity contribution is 7.50. The normalized spacial score (nSPS) is 17.2. The average molecular weight is 212 g/mol. The van der Waals surface area contributed by atoms with Crippen LogP contribution in [0.1, 0.15) is 6.42 Å². The predicted octanol–water partition coefficient (Wildman–Crippen LogP) is -1.61. The van der Waals surface area contributed by atoms with Gasteiger partial charge < -0.3 is 20.3 Å². The number of carboxylic acid groups (broad SMARTS) is 1. The minimum absolute atomic E-state index is 0.711. The Morgan fingerprint density at radius 1 is 1.54 bits per heavy atom. The molecule has 0 saturated carbocycles. The third kappa shape index (κ3) is 6.23. The van der Waals surface area contributed by atoms with Gasteiger partial charge in [-0.25, -0.2) is 10.1 Å². The van der Waals surface area contributed by atoms with Crippen molar-refractivity contribution in [3.8, 4) is 0 Å². The quantitative estimate of drug-likeness (QED) is 0.406. The van der Waals surface area contributed by atoms with Crippen LogP contribution in [-0.4, -0.2) is 28.0 Å². The van der Waals surface area contributed by atoms with Crippen LogP contribution in [0.2, 0.25) is 0 Å². The summed E-state index contributed by atoms with van der Waals surface area (Å²) in [7, 11) is -4.41. The average Bonchev–Trinajstić information content (AvgIpc) is 1.81. The van der Waals surface area contributed by atoms with Gasteiger partial charge >= 0.3 is 19.7 Å². The first-order valence-corrected chi connectivity index (χ1v) is 4.69. The van der Waals surface area contributed by atoms with Gasteiger partial charge in [0.2, 0.25) is 0 Å². The zero-order valence-corrected chi connectivity index (χ0v) is 7.31. The molecule has 0 radical (unpaired) electrons. The number of aliphatic carboxylic acids is 1. The molecule has 0 amide bonds. The fraction of sp³-hybridized carbons (Fsp3) is 0.500. The van der Waals surface area contributed by atoms with Crippen molar-refractivity contribution in [2.75, 3.05) is 0 Å². The molecule has 0 aromatic heterocycles. The summed E-state index contributed by atoms with van der Waals surface area (Å²) in [5.74, 6) is -2.65. The molecule has 9 heteroatoms. The molecule has 0 bridgehead atoms. The number of carbonyl (C=O) groups excluding carboxylic acids is 1. The topological polar surface area (TPSA) is 153 Å². The van der Waals surface area contributed by atoms with Crippen LogP contribution in [0.25, 0.3) is 0 Å². The van der Waals surface area contributed by atoms with Crippen LogP contribution in [0.3, 0.4) is 0 Å². The Morgan fingerprint density at radius 2 is 2.00 bits per heavy atom. The van der Waals surface area contributed by atoms with Gasteiger partial charge in [0.15, 0.2) is 0 Å². The molecule has 0 aromatic carbocycles. The van der Waals surface area contributed by atoms with E-state index in [1.165, 1.54) is 0 Å². The van der Waals surface area contributed by atoms with Gasteiger partial charge in [-0.2, -0.15) is 0 Å². The van der Waals surface area contributed by atoms with E-state index in [1.807, 2.05) is 0 Å². The van der Waals surface area contributed by atoms with Crippen LogP contribution in [0, 0.1) is 0 Å². The zero-order chi connectivity index (χ0) is 10.6. The lowest BCUT2D eigenvalue weighted by atomic mass is 10.2. The first kappa shape index (κ1) is 12.0. The van der Waals surface area contributed by atoms with Crippen molar-refractivity contribution < 1.29 is 28.7 Å². The summed E-state index contributed by atoms with van der Waals surface area (Å²) in [6.07, 6.45) is -0.711. The molecule has 0 fully saturated rings. The van der Waals surface area contributed by atoms with Crippen molar-refractivity contribution in [3.05, 3.63) is 0 Å². The first-order chi connectivity index (χ1) is 5.72. The van der Waals surface area contributed by atoms with Crippen LogP contribution in [-0.2, 0) is 18.7 Å². The standard InChI is InChI=1S/C4H9N2O6P/c5-2(4(8)9)1-3(7)12-13(6,10)11/h2H,1,5H2,(H,8,9)(H3,6,10,11)/t2-/m1/s1. The second-order valence-electron chi connectivity index (χ2n) is 2.18. The third-order valence-electron chi connectivity index (χ3n) is 0.936. The Kier molecular flexibility index (Phi) is 4.02. The highest BCUT2D eigenvalue weighted by Crippen LogP contribution is 2.31. The van der Waals surface area contributed by atoms with Gasteiger partial charge in [-0.05, 0) is 0 Å². The molecule has 0 aliphatic rings. The molecule has 0 aliphatic carbocycles. The molecule has 0 saturated heterocycles. The molecule has 0 heterocycles. The maximum atomic E-state index is 10.6. The Morgan fingerprint density at radius 3 is 2.31 bits per heavy atom. The monoisotopic (exact) mass is 212 g/mol. The van der Waals surface area contributed by atoms with E-state index in [0.29, 0.717) is 0 Å². The lowest BCUT2D eigenvalue weighted by Gasteiger charge is -2.07. The Bertz CT molecular complexity index is 259. The molecule has 0 aromatic rings. The molecule has 1 unspecified atom stereocenters. The lowest BCUT2D eigenvalue weighted by molar-refractivity contribution is -0.144. The second kappa shape index (κ2) is 4.33. The van der Waals surface area contributed by atoms with E-state index in [4.69, 9.17) is 15.7 Å². The maximum Gasteiger partial charge on any atom is 0.455 e. The summed E-state index contributed by atoms with van der Waals surface area (Å²) in [6.45, 7) is 0. The number of carboxylic acids is 1. The van der Waals surface area contributed by atoms with Crippen molar-refractivity contribution in [2.45, 2.75) is 12.5 Å². The highest BCUT2D eigenvalue weighted by Gasteiger charge is 2.22. The molecule has 8 nitrogen and oxygen atoms in total. The van der Waals surface area contributed by atoms with Crippen molar-refractivity contribution in [1.82, 2.24) is 0 Å². The van der Waals surface area contributed by atoms with Crippen molar-refractivity contribution in [3.63, 3.8) is 0 Å². The van der Waals surface area contributed by atoms with Gasteiger partial charge in [0, 0.05) is 0 Å². The van der Waals surface area contributed by atoms with Crippen LogP contribution >= 0.6 is 7.75 Å². The van der Waals surface area contributed by atoms with Crippen LogP contribution in [0.15, 0.2) is 0 Å². The summed E-state index contributed by atoms with van der Waals surface area (Å²) in [4.78, 5) is 29.0. The van der Waals surface area contributed by atoms with Gasteiger partial charge in [-0.3, -0.25) is 9.59 Å². The van der Waals surface area contributed by atoms with E-state index in [0.717, 1.165) is 0 Å². The van der Waals surface area contributed by atoms with Gasteiger partial charge in [0.1, 0.15) is 6.04 Å². The predicted molar refractivity (Wildman–Crippen MR) is 40.3 cm³/mol. The summed E-state index contributed by atoms with van der Waals surface area (Å²) in [6, 6.07) is -1.47. The Balaban J connectivity index is 4.03.